The van der Waals surface area contributed by atoms with Crippen LogP contribution in [-0.4, -0.2) is 0 Å². The lowest BCUT2D eigenvalue weighted by Gasteiger charge is -2.06. The van der Waals surface area contributed by atoms with Crippen LogP contribution in [0.1, 0.15) is 60.1 Å². The zero-order valence-corrected chi connectivity index (χ0v) is 20.8. The van der Waals surface area contributed by atoms with Crippen molar-refractivity contribution in [1.29, 1.82) is 0 Å². The van der Waals surface area contributed by atoms with Crippen molar-refractivity contribution in [3.8, 4) is 11.8 Å². The Morgan fingerprint density at radius 2 is 1.29 bits per heavy atom. The summed E-state index contributed by atoms with van der Waals surface area (Å²) in [6.07, 6.45) is 10.3. The van der Waals surface area contributed by atoms with Crippen LogP contribution >= 0.6 is 0 Å². The third-order valence-electron chi connectivity index (χ3n) is 6.42. The zero-order chi connectivity index (χ0) is 24.5. The van der Waals surface area contributed by atoms with E-state index in [2.05, 4.69) is 86.4 Å². The highest BCUT2D eigenvalue weighted by Crippen LogP contribution is 2.23. The lowest BCUT2D eigenvalue weighted by Crippen LogP contribution is -1.92. The molecule has 0 amide bonds. The molecular weight excluding hydrogens is 427 g/mol. The minimum atomic E-state index is -0.0974. The van der Waals surface area contributed by atoms with Gasteiger partial charge in [0.05, 0.1) is 0 Å². The topological polar surface area (TPSA) is 0 Å². The van der Waals surface area contributed by atoms with Crippen molar-refractivity contribution < 1.29 is 4.39 Å². The first-order valence-electron chi connectivity index (χ1n) is 12.7. The molecule has 1 heteroatoms. The van der Waals surface area contributed by atoms with Gasteiger partial charge in [0.25, 0.3) is 0 Å². The van der Waals surface area contributed by atoms with Crippen molar-refractivity contribution >= 4 is 10.8 Å². The fraction of sp³-hybridized carbons (Fsp3) is 0.235. The number of halogens is 1. The van der Waals surface area contributed by atoms with Gasteiger partial charge < -0.3 is 0 Å². The number of hydrogen-bond donors (Lipinski definition) is 0. The van der Waals surface area contributed by atoms with E-state index in [1.54, 1.807) is 0 Å². The number of allylic oxidation sites excluding steroid dienone is 2. The largest absolute Gasteiger partial charge is 0.206 e. The molecule has 4 aromatic rings. The fourth-order valence-corrected chi connectivity index (χ4v) is 4.35. The van der Waals surface area contributed by atoms with Gasteiger partial charge in [-0.25, -0.2) is 4.39 Å². The van der Waals surface area contributed by atoms with Gasteiger partial charge in [0.2, 0.25) is 0 Å². The van der Waals surface area contributed by atoms with Gasteiger partial charge in [-0.2, -0.15) is 0 Å². The Labute approximate surface area is 209 Å². The van der Waals surface area contributed by atoms with E-state index in [1.807, 2.05) is 30.3 Å². The second-order valence-electron chi connectivity index (χ2n) is 9.10. The number of benzene rings is 4. The molecule has 0 N–H and O–H groups in total. The molecule has 0 aliphatic rings. The van der Waals surface area contributed by atoms with E-state index in [0.29, 0.717) is 5.39 Å². The van der Waals surface area contributed by atoms with Gasteiger partial charge in [-0.1, -0.05) is 91.9 Å². The highest BCUT2D eigenvalue weighted by molar-refractivity contribution is 5.85. The van der Waals surface area contributed by atoms with Gasteiger partial charge in [0, 0.05) is 16.5 Å². The van der Waals surface area contributed by atoms with Crippen LogP contribution in [0.3, 0.4) is 0 Å². The Morgan fingerprint density at radius 3 is 1.94 bits per heavy atom. The molecular formula is C34H33F. The highest BCUT2D eigenvalue weighted by atomic mass is 19.1. The Balaban J connectivity index is 1.36. The first kappa shape index (κ1) is 24.5. The summed E-state index contributed by atoms with van der Waals surface area (Å²) in [6.45, 7) is 4.14. The van der Waals surface area contributed by atoms with Crippen molar-refractivity contribution in [3.63, 3.8) is 0 Å². The molecule has 0 atom stereocenters. The van der Waals surface area contributed by atoms with Crippen LogP contribution in [0.25, 0.3) is 10.8 Å². The van der Waals surface area contributed by atoms with Crippen molar-refractivity contribution in [2.24, 2.45) is 0 Å². The van der Waals surface area contributed by atoms with E-state index in [9.17, 15) is 4.39 Å². The lowest BCUT2D eigenvalue weighted by atomic mass is 10.0. The third-order valence-corrected chi connectivity index (χ3v) is 6.42. The summed E-state index contributed by atoms with van der Waals surface area (Å²) < 4.78 is 14.7. The second-order valence-corrected chi connectivity index (χ2v) is 9.10. The first-order valence-corrected chi connectivity index (χ1v) is 12.7. The number of rotatable bonds is 8. The molecule has 0 aromatic heterocycles. The SMILES string of the molecule is C/C=C/CCc1ccc(CCc2ccc(C#Cc3ccc4c(F)c(CCC)ccc4c3)cc2)cc1. The van der Waals surface area contributed by atoms with Crippen LogP contribution in [0, 0.1) is 17.7 Å². The molecule has 0 bridgehead atoms. The predicted molar refractivity (Wildman–Crippen MR) is 147 cm³/mol. The minimum absolute atomic E-state index is 0.0974. The molecule has 0 saturated carbocycles. The summed E-state index contributed by atoms with van der Waals surface area (Å²) in [6, 6.07) is 27.2. The predicted octanol–water partition coefficient (Wildman–Crippen LogP) is 8.63. The van der Waals surface area contributed by atoms with E-state index in [-0.39, 0.29) is 5.82 Å². The number of fused-ring (bicyclic) bond motifs is 1. The third kappa shape index (κ3) is 6.71. The molecule has 0 unspecified atom stereocenters. The second kappa shape index (κ2) is 12.2. The highest BCUT2D eigenvalue weighted by Gasteiger charge is 2.07. The first-order chi connectivity index (χ1) is 17.2. The quantitative estimate of drug-likeness (QED) is 0.182. The van der Waals surface area contributed by atoms with Crippen LogP contribution in [0.2, 0.25) is 0 Å². The van der Waals surface area contributed by atoms with Crippen molar-refractivity contribution in [1.82, 2.24) is 0 Å². The van der Waals surface area contributed by atoms with E-state index in [1.165, 1.54) is 16.7 Å². The van der Waals surface area contributed by atoms with Crippen molar-refractivity contribution in [2.45, 2.75) is 52.4 Å². The van der Waals surface area contributed by atoms with Crippen molar-refractivity contribution in [3.05, 3.63) is 130 Å². The normalized spacial score (nSPS) is 11.1. The summed E-state index contributed by atoms with van der Waals surface area (Å²) >= 11 is 0. The molecule has 0 spiro atoms. The Morgan fingerprint density at radius 1 is 0.686 bits per heavy atom. The molecule has 4 aromatic carbocycles. The molecule has 176 valence electrons. The Hall–Kier alpha value is -3.63. The maximum Gasteiger partial charge on any atom is 0.134 e. The van der Waals surface area contributed by atoms with Gasteiger partial charge in [-0.05, 0) is 90.9 Å². The van der Waals surface area contributed by atoms with Gasteiger partial charge in [-0.3, -0.25) is 0 Å². The number of aryl methyl sites for hydroxylation is 4. The fourth-order valence-electron chi connectivity index (χ4n) is 4.35. The average molecular weight is 461 g/mol. The van der Waals surface area contributed by atoms with Crippen LogP contribution in [0.15, 0.2) is 91.0 Å². The molecule has 0 heterocycles. The maximum absolute atomic E-state index is 14.7. The van der Waals surface area contributed by atoms with Crippen LogP contribution < -0.4 is 0 Å². The maximum atomic E-state index is 14.7. The molecule has 0 aliphatic heterocycles. The number of hydrogen-bond acceptors (Lipinski definition) is 0. The molecule has 0 aliphatic carbocycles. The van der Waals surface area contributed by atoms with Crippen LogP contribution in [0.5, 0.6) is 0 Å². The Kier molecular flexibility index (Phi) is 8.53. The molecule has 4 rings (SSSR count). The summed E-state index contributed by atoms with van der Waals surface area (Å²) in [7, 11) is 0. The minimum Gasteiger partial charge on any atom is -0.206 e. The molecule has 0 saturated heterocycles. The summed E-state index contributed by atoms with van der Waals surface area (Å²) in [5, 5.41) is 1.57. The average Bonchev–Trinajstić information content (AvgIpc) is 2.89. The van der Waals surface area contributed by atoms with Crippen LogP contribution in [0.4, 0.5) is 4.39 Å². The summed E-state index contributed by atoms with van der Waals surface area (Å²) in [5.74, 6) is 6.39. The zero-order valence-electron chi connectivity index (χ0n) is 20.8. The molecule has 0 nitrogen and oxygen atoms in total. The standard InChI is InChI=1S/C34H33F/c1-3-5-6-8-26-9-11-27(12-10-26)13-14-28-15-17-29(18-16-28)19-20-30-21-24-33-32(25-30)23-22-31(7-4-2)34(33)35/h3,5,9-12,15-18,21-25H,4,6-8,13-14H2,1-2H3/b5-3+. The van der Waals surface area contributed by atoms with E-state index < -0.39 is 0 Å². The smallest absolute Gasteiger partial charge is 0.134 e. The van der Waals surface area contributed by atoms with E-state index in [0.717, 1.165) is 60.6 Å². The van der Waals surface area contributed by atoms with Gasteiger partial charge in [-0.15, -0.1) is 0 Å². The van der Waals surface area contributed by atoms with E-state index >= 15 is 0 Å². The van der Waals surface area contributed by atoms with Gasteiger partial charge in [0.1, 0.15) is 5.82 Å². The monoisotopic (exact) mass is 460 g/mol. The summed E-state index contributed by atoms with van der Waals surface area (Å²) in [5.41, 5.74) is 6.76. The molecule has 0 radical (unpaired) electrons. The molecule has 35 heavy (non-hydrogen) atoms. The van der Waals surface area contributed by atoms with Gasteiger partial charge in [0.15, 0.2) is 0 Å². The van der Waals surface area contributed by atoms with E-state index in [4.69, 9.17) is 0 Å². The molecule has 0 fully saturated rings. The lowest BCUT2D eigenvalue weighted by molar-refractivity contribution is 0.619. The Bertz CT molecular complexity index is 1350. The van der Waals surface area contributed by atoms with Gasteiger partial charge >= 0.3 is 0 Å². The van der Waals surface area contributed by atoms with Crippen LogP contribution in [-0.2, 0) is 25.7 Å². The van der Waals surface area contributed by atoms with Crippen molar-refractivity contribution in [2.75, 3.05) is 0 Å². The summed E-state index contributed by atoms with van der Waals surface area (Å²) in [4.78, 5) is 0.